The smallest absolute Gasteiger partial charge is 0.231 e. The predicted octanol–water partition coefficient (Wildman–Crippen LogP) is 1.12. The second kappa shape index (κ2) is 4.31. The molecule has 98 valence electrons. The van der Waals surface area contributed by atoms with Gasteiger partial charge in [0.2, 0.25) is 5.91 Å². The molecule has 2 N–H and O–H groups in total. The Morgan fingerprint density at radius 3 is 2.95 bits per heavy atom. The number of rotatable bonds is 1. The zero-order valence-electron chi connectivity index (χ0n) is 10.8. The molecule has 0 atom stereocenters. The standard InChI is InChI=1S/C14H11N5O/c1-19-11-3-2-8(4-9(11)5-12(19)20)14-17-7-10(6-15)13(16)18-14/h2-4,7H,5H2,1H3,(H2,16,17,18). The van der Waals surface area contributed by atoms with Gasteiger partial charge in [-0.15, -0.1) is 0 Å². The van der Waals surface area contributed by atoms with Crippen molar-refractivity contribution in [3.8, 4) is 17.5 Å². The van der Waals surface area contributed by atoms with Gasteiger partial charge < -0.3 is 10.6 Å². The lowest BCUT2D eigenvalue weighted by Crippen LogP contribution is -2.20. The maximum Gasteiger partial charge on any atom is 0.231 e. The molecule has 0 radical (unpaired) electrons. The number of carbonyl (C=O) groups is 1. The van der Waals surface area contributed by atoms with Crippen molar-refractivity contribution in [2.45, 2.75) is 6.42 Å². The first-order valence-electron chi connectivity index (χ1n) is 6.02. The molecule has 0 saturated carbocycles. The Kier molecular flexibility index (Phi) is 2.61. The summed E-state index contributed by atoms with van der Waals surface area (Å²) in [6.07, 6.45) is 1.79. The minimum absolute atomic E-state index is 0.0670. The first-order valence-corrected chi connectivity index (χ1v) is 6.02. The SMILES string of the molecule is CN1C(=O)Cc2cc(-c3ncc(C#N)c(N)n3)ccc21. The average Bonchev–Trinajstić information content (AvgIpc) is 2.73. The van der Waals surface area contributed by atoms with Gasteiger partial charge in [0.05, 0.1) is 12.6 Å². The Labute approximate surface area is 115 Å². The molecule has 2 aromatic rings. The molecule has 6 heteroatoms. The fourth-order valence-corrected chi connectivity index (χ4v) is 2.23. The zero-order valence-corrected chi connectivity index (χ0v) is 10.8. The summed E-state index contributed by atoms with van der Waals surface area (Å²) in [6, 6.07) is 7.52. The molecule has 0 saturated heterocycles. The van der Waals surface area contributed by atoms with Crippen LogP contribution in [-0.2, 0) is 11.2 Å². The van der Waals surface area contributed by atoms with E-state index in [0.717, 1.165) is 16.8 Å². The van der Waals surface area contributed by atoms with Gasteiger partial charge >= 0.3 is 0 Å². The molecule has 1 aliphatic rings. The third kappa shape index (κ3) is 1.77. The van der Waals surface area contributed by atoms with Crippen LogP contribution >= 0.6 is 0 Å². The fourth-order valence-electron chi connectivity index (χ4n) is 2.23. The molecular formula is C14H11N5O. The third-order valence-electron chi connectivity index (χ3n) is 3.35. The quantitative estimate of drug-likeness (QED) is 0.833. The second-order valence-electron chi connectivity index (χ2n) is 4.58. The largest absolute Gasteiger partial charge is 0.382 e. The van der Waals surface area contributed by atoms with E-state index >= 15 is 0 Å². The van der Waals surface area contributed by atoms with Gasteiger partial charge in [-0.3, -0.25) is 4.79 Å². The topological polar surface area (TPSA) is 95.9 Å². The predicted molar refractivity (Wildman–Crippen MR) is 73.7 cm³/mol. The van der Waals surface area contributed by atoms with Crippen LogP contribution < -0.4 is 10.6 Å². The monoisotopic (exact) mass is 265 g/mol. The Bertz CT molecular complexity index is 763. The Hall–Kier alpha value is -2.94. The highest BCUT2D eigenvalue weighted by molar-refractivity contribution is 6.01. The molecule has 1 aromatic carbocycles. The van der Waals surface area contributed by atoms with Crippen molar-refractivity contribution in [3.05, 3.63) is 35.5 Å². The van der Waals surface area contributed by atoms with Gasteiger partial charge in [0, 0.05) is 18.3 Å². The van der Waals surface area contributed by atoms with Crippen LogP contribution in [0.25, 0.3) is 11.4 Å². The van der Waals surface area contributed by atoms with Crippen LogP contribution in [0.1, 0.15) is 11.1 Å². The molecule has 3 rings (SSSR count). The van der Waals surface area contributed by atoms with Gasteiger partial charge in [0.25, 0.3) is 0 Å². The molecule has 0 unspecified atom stereocenters. The van der Waals surface area contributed by atoms with E-state index in [1.165, 1.54) is 6.20 Å². The fraction of sp³-hybridized carbons (Fsp3) is 0.143. The van der Waals surface area contributed by atoms with Gasteiger partial charge in [-0.2, -0.15) is 5.26 Å². The van der Waals surface area contributed by atoms with Gasteiger partial charge in [-0.05, 0) is 23.8 Å². The van der Waals surface area contributed by atoms with Gasteiger partial charge in [0.15, 0.2) is 5.82 Å². The lowest BCUT2D eigenvalue weighted by molar-refractivity contribution is -0.117. The summed E-state index contributed by atoms with van der Waals surface area (Å²) in [5.41, 5.74) is 8.57. The van der Waals surface area contributed by atoms with Crippen molar-refractivity contribution in [2.75, 3.05) is 17.7 Å². The van der Waals surface area contributed by atoms with Gasteiger partial charge in [0.1, 0.15) is 17.5 Å². The first-order chi connectivity index (χ1) is 9.60. The molecular weight excluding hydrogens is 254 g/mol. The van der Waals surface area contributed by atoms with E-state index in [4.69, 9.17) is 11.0 Å². The van der Waals surface area contributed by atoms with E-state index in [9.17, 15) is 4.79 Å². The van der Waals surface area contributed by atoms with Crippen LogP contribution in [0.2, 0.25) is 0 Å². The number of carbonyl (C=O) groups excluding carboxylic acids is 1. The minimum atomic E-state index is 0.0670. The lowest BCUT2D eigenvalue weighted by Gasteiger charge is -2.10. The number of anilines is 2. The van der Waals surface area contributed by atoms with Crippen LogP contribution in [0.3, 0.4) is 0 Å². The van der Waals surface area contributed by atoms with E-state index in [-0.39, 0.29) is 17.3 Å². The number of fused-ring (bicyclic) bond motifs is 1. The maximum atomic E-state index is 11.7. The number of nitrogen functional groups attached to an aromatic ring is 1. The van der Waals surface area contributed by atoms with Crippen molar-refractivity contribution in [1.29, 1.82) is 5.26 Å². The van der Waals surface area contributed by atoms with E-state index in [0.29, 0.717) is 12.2 Å². The van der Waals surface area contributed by atoms with E-state index in [1.54, 1.807) is 11.9 Å². The highest BCUT2D eigenvalue weighted by Gasteiger charge is 2.24. The van der Waals surface area contributed by atoms with Crippen molar-refractivity contribution >= 4 is 17.4 Å². The van der Waals surface area contributed by atoms with Gasteiger partial charge in [-0.1, -0.05) is 0 Å². The normalized spacial score (nSPS) is 13.2. The minimum Gasteiger partial charge on any atom is -0.382 e. The highest BCUT2D eigenvalue weighted by Crippen LogP contribution is 2.31. The third-order valence-corrected chi connectivity index (χ3v) is 3.35. The molecule has 6 nitrogen and oxygen atoms in total. The van der Waals surface area contributed by atoms with Crippen LogP contribution in [0.5, 0.6) is 0 Å². The number of nitriles is 1. The number of likely N-dealkylation sites (N-methyl/N-ethyl adjacent to an activating group) is 1. The lowest BCUT2D eigenvalue weighted by atomic mass is 10.1. The van der Waals surface area contributed by atoms with Crippen LogP contribution in [-0.4, -0.2) is 22.9 Å². The van der Waals surface area contributed by atoms with Crippen LogP contribution in [0.15, 0.2) is 24.4 Å². The number of nitrogens with zero attached hydrogens (tertiary/aromatic N) is 4. The molecule has 20 heavy (non-hydrogen) atoms. The molecule has 0 fully saturated rings. The number of nitrogens with two attached hydrogens (primary N) is 1. The molecule has 0 spiro atoms. The molecule has 0 aliphatic carbocycles. The number of aromatic nitrogens is 2. The molecule has 1 aromatic heterocycles. The van der Waals surface area contributed by atoms with Crippen LogP contribution in [0.4, 0.5) is 11.5 Å². The number of amides is 1. The summed E-state index contributed by atoms with van der Waals surface area (Å²) in [7, 11) is 1.75. The molecule has 0 bridgehead atoms. The first kappa shape index (κ1) is 12.1. The second-order valence-corrected chi connectivity index (χ2v) is 4.58. The number of benzene rings is 1. The highest BCUT2D eigenvalue weighted by atomic mass is 16.2. The summed E-state index contributed by atoms with van der Waals surface area (Å²) >= 11 is 0. The maximum absolute atomic E-state index is 11.7. The van der Waals surface area contributed by atoms with Crippen LogP contribution in [0, 0.1) is 11.3 Å². The number of hydrogen-bond acceptors (Lipinski definition) is 5. The summed E-state index contributed by atoms with van der Waals surface area (Å²) in [5, 5.41) is 8.81. The Balaban J connectivity index is 2.05. The van der Waals surface area contributed by atoms with E-state index in [1.807, 2.05) is 24.3 Å². The Morgan fingerprint density at radius 2 is 2.25 bits per heavy atom. The van der Waals surface area contributed by atoms with Crippen molar-refractivity contribution < 1.29 is 4.79 Å². The zero-order chi connectivity index (χ0) is 14.3. The van der Waals surface area contributed by atoms with Gasteiger partial charge in [-0.25, -0.2) is 9.97 Å². The molecule has 1 amide bonds. The van der Waals surface area contributed by atoms with Crippen molar-refractivity contribution in [2.24, 2.45) is 0 Å². The summed E-state index contributed by atoms with van der Waals surface area (Å²) in [6.45, 7) is 0. The van der Waals surface area contributed by atoms with E-state index in [2.05, 4.69) is 9.97 Å². The molecule has 2 heterocycles. The summed E-state index contributed by atoms with van der Waals surface area (Å²) in [5.74, 6) is 0.676. The summed E-state index contributed by atoms with van der Waals surface area (Å²) in [4.78, 5) is 21.5. The number of hydrogen-bond donors (Lipinski definition) is 1. The van der Waals surface area contributed by atoms with E-state index < -0.39 is 0 Å². The van der Waals surface area contributed by atoms with Crippen molar-refractivity contribution in [1.82, 2.24) is 9.97 Å². The summed E-state index contributed by atoms with van der Waals surface area (Å²) < 4.78 is 0. The average molecular weight is 265 g/mol. The molecule has 1 aliphatic heterocycles. The van der Waals surface area contributed by atoms with Crippen molar-refractivity contribution in [3.63, 3.8) is 0 Å². The Morgan fingerprint density at radius 1 is 1.45 bits per heavy atom.